The van der Waals surface area contributed by atoms with Gasteiger partial charge in [-0.3, -0.25) is 14.4 Å². The van der Waals surface area contributed by atoms with Crippen molar-refractivity contribution in [3.63, 3.8) is 0 Å². The van der Waals surface area contributed by atoms with Crippen LogP contribution in [0.25, 0.3) is 22.8 Å². The number of alkyl halides is 3. The van der Waals surface area contributed by atoms with E-state index in [1.807, 2.05) is 32.8 Å². The molecule has 2 aliphatic rings. The molecule has 12 heteroatoms. The number of ether oxygens (including phenoxy) is 1. The van der Waals surface area contributed by atoms with Crippen molar-refractivity contribution in [1.82, 2.24) is 14.8 Å². The standard InChI is InChI=1S/C36H34F3N5O4/c1-19-29(41-20(2)31(19)35(47)44-14-13-22(18-44)43(3)4)17-27-25-12-11-24(16-30(25)42-34(27)46)48-23-8-5-7-21(15-23)32-26(33(40)45)9-6-10-28(32)36(37,38)39/h5-12,15-17,22,41H,13-14,18H2,1-4H3,(H2,40,45)(H,42,46)/b27-17-. The van der Waals surface area contributed by atoms with E-state index in [2.05, 4.69) is 15.2 Å². The Balaban J connectivity index is 1.26. The Morgan fingerprint density at radius 3 is 2.46 bits per heavy atom. The highest BCUT2D eigenvalue weighted by Gasteiger charge is 2.36. The Labute approximate surface area is 275 Å². The van der Waals surface area contributed by atoms with Gasteiger partial charge < -0.3 is 30.6 Å². The lowest BCUT2D eigenvalue weighted by molar-refractivity contribution is -0.137. The van der Waals surface area contributed by atoms with E-state index in [1.54, 1.807) is 30.3 Å². The fraction of sp³-hybridized carbons (Fsp3) is 0.250. The van der Waals surface area contributed by atoms with Crippen molar-refractivity contribution in [2.45, 2.75) is 32.5 Å². The van der Waals surface area contributed by atoms with Crippen molar-refractivity contribution >= 4 is 35.1 Å². The van der Waals surface area contributed by atoms with E-state index >= 15 is 0 Å². The summed E-state index contributed by atoms with van der Waals surface area (Å²) < 4.78 is 47.7. The highest BCUT2D eigenvalue weighted by atomic mass is 19.4. The van der Waals surface area contributed by atoms with E-state index < -0.39 is 17.6 Å². The van der Waals surface area contributed by atoms with Crippen molar-refractivity contribution < 1.29 is 32.3 Å². The number of benzene rings is 3. The number of nitrogens with two attached hydrogens (primary N) is 1. The normalized spacial score (nSPS) is 16.8. The van der Waals surface area contributed by atoms with Crippen LogP contribution in [0.3, 0.4) is 0 Å². The monoisotopic (exact) mass is 657 g/mol. The Hall–Kier alpha value is -5.36. The third-order valence-electron chi connectivity index (χ3n) is 8.93. The number of likely N-dealkylation sites (tertiary alicyclic amines) is 1. The van der Waals surface area contributed by atoms with E-state index in [0.29, 0.717) is 53.0 Å². The molecular formula is C36H34F3N5O4. The molecule has 1 atom stereocenters. The lowest BCUT2D eigenvalue weighted by atomic mass is 9.93. The molecule has 1 fully saturated rings. The fourth-order valence-corrected chi connectivity index (χ4v) is 6.43. The minimum atomic E-state index is -4.72. The lowest BCUT2D eigenvalue weighted by Crippen LogP contribution is -2.34. The van der Waals surface area contributed by atoms with Crippen LogP contribution in [0.5, 0.6) is 11.5 Å². The first-order chi connectivity index (χ1) is 22.7. The molecule has 1 unspecified atom stereocenters. The van der Waals surface area contributed by atoms with Crippen molar-refractivity contribution in [3.05, 3.63) is 99.9 Å². The molecule has 48 heavy (non-hydrogen) atoms. The predicted molar refractivity (Wildman–Crippen MR) is 177 cm³/mol. The Kier molecular flexibility index (Phi) is 8.38. The molecule has 9 nitrogen and oxygen atoms in total. The number of primary amides is 1. The molecule has 248 valence electrons. The summed E-state index contributed by atoms with van der Waals surface area (Å²) in [4.78, 5) is 45.9. The van der Waals surface area contributed by atoms with Crippen LogP contribution in [0.1, 0.15) is 55.2 Å². The summed E-state index contributed by atoms with van der Waals surface area (Å²) in [5.41, 5.74) is 8.19. The van der Waals surface area contributed by atoms with E-state index in [4.69, 9.17) is 10.5 Å². The van der Waals surface area contributed by atoms with Crippen LogP contribution in [-0.4, -0.2) is 65.7 Å². The highest BCUT2D eigenvalue weighted by Crippen LogP contribution is 2.41. The predicted octanol–water partition coefficient (Wildman–Crippen LogP) is 6.48. The molecule has 2 aliphatic heterocycles. The van der Waals surface area contributed by atoms with E-state index in [9.17, 15) is 27.6 Å². The number of aromatic nitrogens is 1. The summed E-state index contributed by atoms with van der Waals surface area (Å²) in [5, 5.41) is 2.84. The maximum absolute atomic E-state index is 13.9. The average molecular weight is 658 g/mol. The number of likely N-dealkylation sites (N-methyl/N-ethyl adjacent to an activating group) is 1. The number of carbonyl (C=O) groups is 3. The first kappa shape index (κ1) is 32.6. The van der Waals surface area contributed by atoms with Gasteiger partial charge in [-0.2, -0.15) is 13.2 Å². The van der Waals surface area contributed by atoms with E-state index in [0.717, 1.165) is 29.8 Å². The number of fused-ring (bicyclic) bond motifs is 1. The molecule has 0 aliphatic carbocycles. The van der Waals surface area contributed by atoms with Crippen LogP contribution in [0.4, 0.5) is 18.9 Å². The minimum absolute atomic E-state index is 0.0369. The van der Waals surface area contributed by atoms with Crippen LogP contribution < -0.4 is 15.8 Å². The first-order valence-corrected chi connectivity index (χ1v) is 15.3. The van der Waals surface area contributed by atoms with Gasteiger partial charge in [0.2, 0.25) is 5.91 Å². The van der Waals surface area contributed by atoms with Gasteiger partial charge in [0.05, 0.1) is 22.4 Å². The van der Waals surface area contributed by atoms with Crippen molar-refractivity contribution in [2.75, 3.05) is 32.5 Å². The van der Waals surface area contributed by atoms with Crippen molar-refractivity contribution in [2.24, 2.45) is 5.73 Å². The van der Waals surface area contributed by atoms with Gasteiger partial charge in [0.25, 0.3) is 11.8 Å². The average Bonchev–Trinajstić information content (AvgIpc) is 3.72. The summed E-state index contributed by atoms with van der Waals surface area (Å²) >= 11 is 0. The van der Waals surface area contributed by atoms with Crippen LogP contribution in [-0.2, 0) is 11.0 Å². The largest absolute Gasteiger partial charge is 0.457 e. The number of aromatic amines is 1. The number of rotatable bonds is 7. The maximum Gasteiger partial charge on any atom is 0.417 e. The maximum atomic E-state index is 13.9. The van der Waals surface area contributed by atoms with Crippen LogP contribution >= 0.6 is 0 Å². The Morgan fingerprint density at radius 1 is 1.04 bits per heavy atom. The topological polar surface area (TPSA) is 121 Å². The number of halogens is 3. The molecule has 6 rings (SSSR count). The summed E-state index contributed by atoms with van der Waals surface area (Å²) in [7, 11) is 4.02. The third kappa shape index (κ3) is 6.06. The van der Waals surface area contributed by atoms with Crippen molar-refractivity contribution in [1.29, 1.82) is 0 Å². The van der Waals surface area contributed by atoms with Crippen LogP contribution in [0.15, 0.2) is 60.7 Å². The second-order valence-electron chi connectivity index (χ2n) is 12.3. The molecular weight excluding hydrogens is 623 g/mol. The number of amides is 3. The van der Waals surface area contributed by atoms with Gasteiger partial charge in [-0.05, 0) is 88.0 Å². The van der Waals surface area contributed by atoms with Crippen LogP contribution in [0.2, 0.25) is 0 Å². The highest BCUT2D eigenvalue weighted by molar-refractivity contribution is 6.35. The molecule has 3 amide bonds. The molecule has 3 aromatic carbocycles. The van der Waals surface area contributed by atoms with Gasteiger partial charge >= 0.3 is 6.18 Å². The van der Waals surface area contributed by atoms with Gasteiger partial charge in [0, 0.05) is 53.3 Å². The van der Waals surface area contributed by atoms with Gasteiger partial charge in [0.1, 0.15) is 11.5 Å². The van der Waals surface area contributed by atoms with Gasteiger partial charge in [-0.25, -0.2) is 0 Å². The zero-order chi connectivity index (χ0) is 34.5. The quantitative estimate of drug-likeness (QED) is 0.197. The number of aryl methyl sites for hydroxylation is 1. The van der Waals surface area contributed by atoms with Gasteiger partial charge in [0.15, 0.2) is 0 Å². The number of hydrogen-bond acceptors (Lipinski definition) is 5. The zero-order valence-corrected chi connectivity index (χ0v) is 26.8. The van der Waals surface area contributed by atoms with Crippen LogP contribution in [0, 0.1) is 13.8 Å². The number of anilines is 1. The van der Waals surface area contributed by atoms with E-state index in [-0.39, 0.29) is 34.3 Å². The fourth-order valence-electron chi connectivity index (χ4n) is 6.43. The molecule has 1 saturated heterocycles. The minimum Gasteiger partial charge on any atom is -0.457 e. The molecule has 4 aromatic rings. The molecule has 0 radical (unpaired) electrons. The summed E-state index contributed by atoms with van der Waals surface area (Å²) in [6, 6.07) is 14.5. The number of nitrogens with zero attached hydrogens (tertiary/aromatic N) is 2. The second-order valence-corrected chi connectivity index (χ2v) is 12.3. The van der Waals surface area contributed by atoms with E-state index in [1.165, 1.54) is 24.3 Å². The number of H-pyrrole nitrogens is 1. The van der Waals surface area contributed by atoms with Crippen molar-refractivity contribution in [3.8, 4) is 22.6 Å². The molecule has 0 bridgehead atoms. The second kappa shape index (κ2) is 12.3. The summed E-state index contributed by atoms with van der Waals surface area (Å²) in [5.74, 6) is -0.819. The molecule has 0 spiro atoms. The first-order valence-electron chi connectivity index (χ1n) is 15.3. The third-order valence-corrected chi connectivity index (χ3v) is 8.93. The van der Waals surface area contributed by atoms with Gasteiger partial charge in [-0.15, -0.1) is 0 Å². The summed E-state index contributed by atoms with van der Waals surface area (Å²) in [6.45, 7) is 5.05. The number of nitrogens with one attached hydrogen (secondary N) is 2. The SMILES string of the molecule is Cc1[nH]c(/C=C2\C(=O)Nc3cc(Oc4cccc(-c5c(C(N)=O)cccc5C(F)(F)F)c4)ccc32)c(C)c1C(=O)N1CCC(N(C)C)C1. The molecule has 4 N–H and O–H groups in total. The molecule has 1 aromatic heterocycles. The number of carbonyl (C=O) groups excluding carboxylic acids is 3. The molecule has 0 saturated carbocycles. The Morgan fingerprint density at radius 2 is 1.77 bits per heavy atom. The lowest BCUT2D eigenvalue weighted by Gasteiger charge is -2.20. The summed E-state index contributed by atoms with van der Waals surface area (Å²) in [6.07, 6.45) is -2.08. The zero-order valence-electron chi connectivity index (χ0n) is 26.8. The smallest absolute Gasteiger partial charge is 0.417 e. The Bertz CT molecular complexity index is 2000. The van der Waals surface area contributed by atoms with Gasteiger partial charge in [-0.1, -0.05) is 18.2 Å². The molecule has 3 heterocycles. The number of hydrogen-bond donors (Lipinski definition) is 3.